The molecular weight excluding hydrogens is 381 g/mol. The van der Waals surface area contributed by atoms with E-state index < -0.39 is 11.4 Å². The molecule has 4 rings (SSSR count). The molecule has 0 aliphatic carbocycles. The van der Waals surface area contributed by atoms with Gasteiger partial charge in [0, 0.05) is 23.9 Å². The fraction of sp³-hybridized carbons (Fsp3) is 0.0588. The number of ether oxygens (including phenoxy) is 1. The summed E-state index contributed by atoms with van der Waals surface area (Å²) in [6.07, 6.45) is 1.56. The van der Waals surface area contributed by atoms with Gasteiger partial charge in [0.15, 0.2) is 10.7 Å². The highest BCUT2D eigenvalue weighted by Gasteiger charge is 2.35. The van der Waals surface area contributed by atoms with E-state index in [9.17, 15) is 4.55 Å². The third kappa shape index (κ3) is 3.26. The minimum atomic E-state index is -1.30. The van der Waals surface area contributed by atoms with Gasteiger partial charge in [-0.3, -0.25) is 0 Å². The van der Waals surface area contributed by atoms with Crippen molar-refractivity contribution in [3.05, 3.63) is 70.3 Å². The van der Waals surface area contributed by atoms with Crippen LogP contribution < -0.4 is 9.04 Å². The fourth-order valence-corrected chi connectivity index (χ4v) is 4.07. The minimum Gasteiger partial charge on any atom is -0.588 e. The molecule has 25 heavy (non-hydrogen) atoms. The lowest BCUT2D eigenvalue weighted by Gasteiger charge is -2.17. The second-order valence-corrected chi connectivity index (χ2v) is 7.46. The molecule has 0 N–H and O–H groups in total. The molecule has 8 heteroatoms. The van der Waals surface area contributed by atoms with Gasteiger partial charge in [-0.2, -0.15) is 9.29 Å². The predicted molar refractivity (Wildman–Crippen MR) is 97.6 cm³/mol. The summed E-state index contributed by atoms with van der Waals surface area (Å²) in [5, 5.41) is 0.820. The molecule has 1 aliphatic rings. The number of aromatic nitrogens is 2. The molecule has 0 spiro atoms. The Balaban J connectivity index is 1.59. The maximum Gasteiger partial charge on any atom is 0.324 e. The molecule has 1 atom stereocenters. The van der Waals surface area contributed by atoms with Gasteiger partial charge >= 0.3 is 6.01 Å². The highest BCUT2D eigenvalue weighted by atomic mass is 35.5. The number of anilines is 1. The van der Waals surface area contributed by atoms with Crippen molar-refractivity contribution in [1.29, 1.82) is 0 Å². The van der Waals surface area contributed by atoms with Crippen molar-refractivity contribution in [2.75, 3.05) is 4.31 Å². The zero-order chi connectivity index (χ0) is 17.4. The van der Waals surface area contributed by atoms with Crippen molar-refractivity contribution in [2.24, 2.45) is 0 Å². The van der Waals surface area contributed by atoms with E-state index in [0.717, 1.165) is 10.5 Å². The Morgan fingerprint density at radius 2 is 1.92 bits per heavy atom. The van der Waals surface area contributed by atoms with Crippen LogP contribution in [0.2, 0.25) is 10.0 Å². The molecule has 1 aliphatic heterocycles. The van der Waals surface area contributed by atoms with E-state index in [4.69, 9.17) is 27.9 Å². The number of hydrogen-bond acceptors (Lipinski definition) is 5. The van der Waals surface area contributed by atoms with Crippen LogP contribution in [0.3, 0.4) is 0 Å². The summed E-state index contributed by atoms with van der Waals surface area (Å²) in [7, 11) is 0. The van der Waals surface area contributed by atoms with Crippen molar-refractivity contribution in [1.82, 2.24) is 9.97 Å². The SMILES string of the molecule is [O-][S+]1c2ccccc2CN1c1ccnc(Oc2ccc(Cl)c(Cl)c2)n1. The first kappa shape index (κ1) is 16.5. The maximum atomic E-state index is 12.7. The van der Waals surface area contributed by atoms with Crippen LogP contribution in [-0.4, -0.2) is 14.5 Å². The highest BCUT2D eigenvalue weighted by molar-refractivity contribution is 7.93. The van der Waals surface area contributed by atoms with Crippen LogP contribution in [0.1, 0.15) is 5.56 Å². The Hall–Kier alpha value is -1.99. The van der Waals surface area contributed by atoms with Gasteiger partial charge in [0.05, 0.1) is 16.6 Å². The zero-order valence-electron chi connectivity index (χ0n) is 12.7. The Morgan fingerprint density at radius 1 is 1.08 bits per heavy atom. The van der Waals surface area contributed by atoms with E-state index in [1.165, 1.54) is 0 Å². The monoisotopic (exact) mass is 391 g/mol. The third-order valence-corrected chi connectivity index (χ3v) is 5.88. The van der Waals surface area contributed by atoms with Crippen LogP contribution in [0, 0.1) is 0 Å². The Labute approximate surface area is 157 Å². The van der Waals surface area contributed by atoms with Crippen molar-refractivity contribution in [3.63, 3.8) is 0 Å². The Kier molecular flexibility index (Phi) is 4.43. The lowest BCUT2D eigenvalue weighted by atomic mass is 10.2. The summed E-state index contributed by atoms with van der Waals surface area (Å²) in [4.78, 5) is 9.26. The number of rotatable bonds is 3. The molecule has 0 saturated heterocycles. The van der Waals surface area contributed by atoms with Crippen LogP contribution >= 0.6 is 23.2 Å². The van der Waals surface area contributed by atoms with Crippen LogP contribution in [0.4, 0.5) is 5.82 Å². The second-order valence-electron chi connectivity index (χ2n) is 5.27. The van der Waals surface area contributed by atoms with Gasteiger partial charge in [-0.15, -0.1) is 0 Å². The maximum absolute atomic E-state index is 12.7. The molecule has 5 nitrogen and oxygen atoms in total. The van der Waals surface area contributed by atoms with Crippen molar-refractivity contribution >= 4 is 40.4 Å². The summed E-state index contributed by atoms with van der Waals surface area (Å²) in [6.45, 7) is 0.520. The average Bonchev–Trinajstić information content (AvgIpc) is 2.96. The van der Waals surface area contributed by atoms with Gasteiger partial charge in [0.1, 0.15) is 17.1 Å². The predicted octanol–water partition coefficient (Wildman–Crippen LogP) is 4.62. The third-order valence-electron chi connectivity index (χ3n) is 3.65. The Morgan fingerprint density at radius 3 is 2.72 bits per heavy atom. The van der Waals surface area contributed by atoms with Gasteiger partial charge in [0.25, 0.3) is 0 Å². The van der Waals surface area contributed by atoms with E-state index in [1.807, 2.05) is 24.3 Å². The largest absolute Gasteiger partial charge is 0.588 e. The fourth-order valence-electron chi connectivity index (χ4n) is 2.47. The quantitative estimate of drug-likeness (QED) is 0.609. The molecule has 2 heterocycles. The van der Waals surface area contributed by atoms with Gasteiger partial charge in [-0.05, 0) is 18.2 Å². The molecule has 0 fully saturated rings. The van der Waals surface area contributed by atoms with Gasteiger partial charge in [-0.1, -0.05) is 41.4 Å². The van der Waals surface area contributed by atoms with Crippen molar-refractivity contribution < 1.29 is 9.29 Å². The summed E-state index contributed by atoms with van der Waals surface area (Å²) in [5.74, 6) is 0.997. The number of nitrogens with zero attached hydrogens (tertiary/aromatic N) is 3. The van der Waals surface area contributed by atoms with Gasteiger partial charge < -0.3 is 9.29 Å². The smallest absolute Gasteiger partial charge is 0.324 e. The topological polar surface area (TPSA) is 61.3 Å². The molecule has 126 valence electrons. The summed E-state index contributed by atoms with van der Waals surface area (Å²) >= 11 is 10.6. The lowest BCUT2D eigenvalue weighted by molar-refractivity contribution is 0.442. The molecule has 0 bridgehead atoms. The molecule has 0 radical (unpaired) electrons. The van der Waals surface area contributed by atoms with Crippen molar-refractivity contribution in [2.45, 2.75) is 11.4 Å². The first-order valence-electron chi connectivity index (χ1n) is 7.35. The zero-order valence-corrected chi connectivity index (χ0v) is 15.1. The van der Waals surface area contributed by atoms with E-state index in [-0.39, 0.29) is 6.01 Å². The van der Waals surface area contributed by atoms with E-state index in [2.05, 4.69) is 9.97 Å². The number of halogens is 2. The summed E-state index contributed by atoms with van der Waals surface area (Å²) < 4.78 is 20.0. The molecule has 2 aromatic carbocycles. The van der Waals surface area contributed by atoms with Gasteiger partial charge in [0.2, 0.25) is 0 Å². The highest BCUT2D eigenvalue weighted by Crippen LogP contribution is 2.34. The van der Waals surface area contributed by atoms with E-state index in [0.29, 0.717) is 28.2 Å². The number of fused-ring (bicyclic) bond motifs is 1. The van der Waals surface area contributed by atoms with Crippen LogP contribution in [0.25, 0.3) is 0 Å². The summed E-state index contributed by atoms with van der Waals surface area (Å²) in [6, 6.07) is 14.4. The normalized spacial score (nSPS) is 16.0. The van der Waals surface area contributed by atoms with E-state index >= 15 is 0 Å². The first-order chi connectivity index (χ1) is 12.1. The van der Waals surface area contributed by atoms with Crippen LogP contribution in [0.5, 0.6) is 11.8 Å². The minimum absolute atomic E-state index is 0.142. The van der Waals surface area contributed by atoms with Gasteiger partial charge in [-0.25, -0.2) is 4.98 Å². The molecular formula is C17H11Cl2N3O2S. The average molecular weight is 392 g/mol. The molecule has 1 aromatic heterocycles. The summed E-state index contributed by atoms with van der Waals surface area (Å²) in [5.41, 5.74) is 1.02. The number of benzene rings is 2. The molecule has 0 saturated carbocycles. The Bertz CT molecular complexity index is 941. The lowest BCUT2D eigenvalue weighted by Crippen LogP contribution is -2.24. The molecule has 0 amide bonds. The van der Waals surface area contributed by atoms with E-state index in [1.54, 1.807) is 34.8 Å². The number of hydrogen-bond donors (Lipinski definition) is 0. The van der Waals surface area contributed by atoms with Crippen LogP contribution in [0.15, 0.2) is 59.6 Å². The molecule has 1 unspecified atom stereocenters. The van der Waals surface area contributed by atoms with Crippen LogP contribution in [-0.2, 0) is 17.9 Å². The second kappa shape index (κ2) is 6.72. The first-order valence-corrected chi connectivity index (χ1v) is 9.21. The van der Waals surface area contributed by atoms with Crippen molar-refractivity contribution in [3.8, 4) is 11.8 Å². The standard InChI is InChI=1S/C17H11Cl2N3O2S/c18-13-6-5-12(9-14(13)19)24-17-20-8-7-16(21-17)22-10-11-3-1-2-4-15(11)25(22)23/h1-9H,10H2. The molecule has 3 aromatic rings.